The smallest absolute Gasteiger partial charge is 0.0955 e. The lowest BCUT2D eigenvalue weighted by molar-refractivity contribution is 0.0560. The van der Waals surface area contributed by atoms with Gasteiger partial charge in [-0.25, -0.2) is 0 Å². The molecule has 1 heterocycles. The van der Waals surface area contributed by atoms with Gasteiger partial charge < -0.3 is 10.5 Å². The van der Waals surface area contributed by atoms with Crippen LogP contribution in [0.15, 0.2) is 16.8 Å². The Morgan fingerprint density at radius 2 is 2.12 bits per heavy atom. The minimum atomic E-state index is 0.0948. The van der Waals surface area contributed by atoms with E-state index in [1.165, 1.54) is 31.2 Å². The van der Waals surface area contributed by atoms with E-state index in [-0.39, 0.29) is 6.10 Å². The molecule has 0 aromatic carbocycles. The van der Waals surface area contributed by atoms with Crippen molar-refractivity contribution in [3.05, 3.63) is 22.4 Å². The second kappa shape index (κ2) is 8.74. The summed E-state index contributed by atoms with van der Waals surface area (Å²) in [5, 5.41) is 4.19. The zero-order valence-electron chi connectivity index (χ0n) is 10.2. The predicted molar refractivity (Wildman–Crippen MR) is 70.8 cm³/mol. The molecule has 0 saturated carbocycles. The molecule has 1 unspecified atom stereocenters. The van der Waals surface area contributed by atoms with Crippen LogP contribution in [0.5, 0.6) is 0 Å². The summed E-state index contributed by atoms with van der Waals surface area (Å²) in [5.41, 5.74) is 6.93. The van der Waals surface area contributed by atoms with E-state index in [2.05, 4.69) is 23.8 Å². The van der Waals surface area contributed by atoms with Gasteiger partial charge in [-0.2, -0.15) is 11.3 Å². The van der Waals surface area contributed by atoms with E-state index in [1.54, 1.807) is 11.3 Å². The summed E-state index contributed by atoms with van der Waals surface area (Å²) < 4.78 is 5.80. The first-order valence-corrected chi connectivity index (χ1v) is 7.16. The Hall–Kier alpha value is -0.380. The number of nitrogens with two attached hydrogens (primary N) is 1. The van der Waals surface area contributed by atoms with Crippen molar-refractivity contribution in [2.45, 2.75) is 45.1 Å². The van der Waals surface area contributed by atoms with Crippen molar-refractivity contribution in [2.24, 2.45) is 5.73 Å². The minimum Gasteiger partial charge on any atom is -0.372 e. The molecule has 0 aliphatic carbocycles. The van der Waals surface area contributed by atoms with Crippen molar-refractivity contribution in [2.75, 3.05) is 13.2 Å². The van der Waals surface area contributed by atoms with E-state index in [0.29, 0.717) is 6.54 Å². The van der Waals surface area contributed by atoms with Gasteiger partial charge in [-0.05, 0) is 28.8 Å². The zero-order valence-corrected chi connectivity index (χ0v) is 11.0. The Labute approximate surface area is 103 Å². The maximum Gasteiger partial charge on any atom is 0.0955 e. The van der Waals surface area contributed by atoms with Crippen LogP contribution in [-0.4, -0.2) is 13.2 Å². The summed E-state index contributed by atoms with van der Waals surface area (Å²) in [6.45, 7) is 3.64. The summed E-state index contributed by atoms with van der Waals surface area (Å²) in [7, 11) is 0. The lowest BCUT2D eigenvalue weighted by Crippen LogP contribution is -2.15. The normalized spacial score (nSPS) is 12.9. The van der Waals surface area contributed by atoms with Gasteiger partial charge in [-0.1, -0.05) is 32.6 Å². The third-order valence-corrected chi connectivity index (χ3v) is 3.40. The first-order valence-electron chi connectivity index (χ1n) is 6.22. The van der Waals surface area contributed by atoms with Gasteiger partial charge >= 0.3 is 0 Å². The van der Waals surface area contributed by atoms with Crippen molar-refractivity contribution in [3.8, 4) is 0 Å². The molecule has 1 aromatic rings. The number of ether oxygens (including phenoxy) is 1. The molecule has 92 valence electrons. The maximum absolute atomic E-state index is 5.80. The van der Waals surface area contributed by atoms with E-state index >= 15 is 0 Å². The minimum absolute atomic E-state index is 0.0948. The van der Waals surface area contributed by atoms with E-state index < -0.39 is 0 Å². The van der Waals surface area contributed by atoms with Crippen LogP contribution in [0.4, 0.5) is 0 Å². The van der Waals surface area contributed by atoms with Crippen LogP contribution in [0.3, 0.4) is 0 Å². The van der Waals surface area contributed by atoms with Crippen molar-refractivity contribution < 1.29 is 4.74 Å². The van der Waals surface area contributed by atoms with Crippen molar-refractivity contribution >= 4 is 11.3 Å². The number of unbranched alkanes of at least 4 members (excludes halogenated alkanes) is 4. The highest BCUT2D eigenvalue weighted by molar-refractivity contribution is 7.07. The number of hydrogen-bond donors (Lipinski definition) is 1. The van der Waals surface area contributed by atoms with Crippen LogP contribution >= 0.6 is 11.3 Å². The molecule has 1 atom stereocenters. The fourth-order valence-electron chi connectivity index (χ4n) is 1.69. The highest BCUT2D eigenvalue weighted by Crippen LogP contribution is 2.19. The highest BCUT2D eigenvalue weighted by atomic mass is 32.1. The first kappa shape index (κ1) is 13.7. The lowest BCUT2D eigenvalue weighted by Gasteiger charge is -2.14. The molecule has 0 aliphatic rings. The molecule has 0 amide bonds. The quantitative estimate of drug-likeness (QED) is 0.668. The average Bonchev–Trinajstić information content (AvgIpc) is 2.82. The topological polar surface area (TPSA) is 35.2 Å². The van der Waals surface area contributed by atoms with Crippen molar-refractivity contribution in [1.29, 1.82) is 0 Å². The summed E-state index contributed by atoms with van der Waals surface area (Å²) >= 11 is 1.70. The Morgan fingerprint density at radius 1 is 1.31 bits per heavy atom. The Kier molecular flexibility index (Phi) is 7.47. The Morgan fingerprint density at radius 3 is 2.75 bits per heavy atom. The molecular formula is C13H23NOS. The molecule has 1 rings (SSSR count). The van der Waals surface area contributed by atoms with E-state index in [4.69, 9.17) is 10.5 Å². The van der Waals surface area contributed by atoms with Gasteiger partial charge in [-0.15, -0.1) is 0 Å². The number of rotatable bonds is 9. The van der Waals surface area contributed by atoms with Crippen LogP contribution in [-0.2, 0) is 4.74 Å². The van der Waals surface area contributed by atoms with Crippen molar-refractivity contribution in [1.82, 2.24) is 0 Å². The van der Waals surface area contributed by atoms with Crippen LogP contribution in [0.2, 0.25) is 0 Å². The van der Waals surface area contributed by atoms with Crippen LogP contribution in [0.25, 0.3) is 0 Å². The standard InChI is InChI=1S/C13H23NOS/c1-2-3-4-5-6-8-15-13(10-14)12-7-9-16-11-12/h7,9,11,13H,2-6,8,10,14H2,1H3. The summed E-state index contributed by atoms with van der Waals surface area (Å²) in [5.74, 6) is 0. The van der Waals surface area contributed by atoms with Crippen molar-refractivity contribution in [3.63, 3.8) is 0 Å². The van der Waals surface area contributed by atoms with Gasteiger partial charge in [0.25, 0.3) is 0 Å². The van der Waals surface area contributed by atoms with Gasteiger partial charge in [0.05, 0.1) is 6.10 Å². The molecule has 0 fully saturated rings. The third-order valence-electron chi connectivity index (χ3n) is 2.70. The molecule has 3 heteroatoms. The average molecular weight is 241 g/mol. The van der Waals surface area contributed by atoms with Crippen LogP contribution < -0.4 is 5.73 Å². The Bertz CT molecular complexity index is 248. The number of hydrogen-bond acceptors (Lipinski definition) is 3. The summed E-state index contributed by atoms with van der Waals surface area (Å²) in [6, 6.07) is 2.10. The molecule has 0 spiro atoms. The molecule has 2 nitrogen and oxygen atoms in total. The van der Waals surface area contributed by atoms with Gasteiger partial charge in [0.15, 0.2) is 0 Å². The molecule has 0 saturated heterocycles. The summed E-state index contributed by atoms with van der Waals surface area (Å²) in [4.78, 5) is 0. The van der Waals surface area contributed by atoms with Gasteiger partial charge in [0.2, 0.25) is 0 Å². The fraction of sp³-hybridized carbons (Fsp3) is 0.692. The second-order valence-electron chi connectivity index (χ2n) is 4.07. The van der Waals surface area contributed by atoms with Gasteiger partial charge in [0.1, 0.15) is 0 Å². The maximum atomic E-state index is 5.80. The molecular weight excluding hydrogens is 218 g/mol. The SMILES string of the molecule is CCCCCCCOC(CN)c1ccsc1. The molecule has 0 bridgehead atoms. The molecule has 2 N–H and O–H groups in total. The monoisotopic (exact) mass is 241 g/mol. The predicted octanol–water partition coefficient (Wildman–Crippen LogP) is 3.73. The van der Waals surface area contributed by atoms with E-state index in [0.717, 1.165) is 13.0 Å². The lowest BCUT2D eigenvalue weighted by atomic mass is 10.1. The summed E-state index contributed by atoms with van der Waals surface area (Å²) in [6.07, 6.45) is 6.48. The number of thiophene rings is 1. The third kappa shape index (κ3) is 5.10. The van der Waals surface area contributed by atoms with Gasteiger partial charge in [0, 0.05) is 13.2 Å². The van der Waals surface area contributed by atoms with E-state index in [1.807, 2.05) is 0 Å². The highest BCUT2D eigenvalue weighted by Gasteiger charge is 2.09. The van der Waals surface area contributed by atoms with Crippen LogP contribution in [0, 0.1) is 0 Å². The zero-order chi connectivity index (χ0) is 11.6. The van der Waals surface area contributed by atoms with Crippen LogP contribution in [0.1, 0.15) is 50.7 Å². The molecule has 0 radical (unpaired) electrons. The molecule has 0 aliphatic heterocycles. The second-order valence-corrected chi connectivity index (χ2v) is 4.85. The van der Waals surface area contributed by atoms with E-state index in [9.17, 15) is 0 Å². The molecule has 16 heavy (non-hydrogen) atoms. The Balaban J connectivity index is 2.11. The largest absolute Gasteiger partial charge is 0.372 e. The molecule has 1 aromatic heterocycles. The fourth-order valence-corrected chi connectivity index (χ4v) is 2.39. The van der Waals surface area contributed by atoms with Gasteiger partial charge in [-0.3, -0.25) is 0 Å². The first-order chi connectivity index (χ1) is 7.88.